The number of carbonyl (C=O) groups is 2. The molecule has 1 atom stereocenters. The first-order valence-corrected chi connectivity index (χ1v) is 12.7. The highest BCUT2D eigenvalue weighted by Crippen LogP contribution is 2.38. The number of ether oxygens (including phenoxy) is 1. The average Bonchev–Trinajstić information content (AvgIpc) is 3.59. The quantitative estimate of drug-likeness (QED) is 0.515. The van der Waals surface area contributed by atoms with Crippen LogP contribution in [0.15, 0.2) is 28.8 Å². The second kappa shape index (κ2) is 9.72. The summed E-state index contributed by atoms with van der Waals surface area (Å²) in [6.45, 7) is 5.32. The van der Waals surface area contributed by atoms with E-state index < -0.39 is 0 Å². The van der Waals surface area contributed by atoms with E-state index in [2.05, 4.69) is 15.8 Å². The number of benzene rings is 1. The van der Waals surface area contributed by atoms with Crippen LogP contribution >= 0.6 is 11.3 Å². The van der Waals surface area contributed by atoms with Crippen molar-refractivity contribution in [2.45, 2.75) is 58.5 Å². The Morgan fingerprint density at radius 1 is 1.09 bits per heavy atom. The molecule has 0 radical (unpaired) electrons. The number of aryl methyl sites for hydroxylation is 3. The van der Waals surface area contributed by atoms with Gasteiger partial charge in [-0.15, -0.1) is 11.3 Å². The average molecular weight is 480 g/mol. The van der Waals surface area contributed by atoms with E-state index in [0.717, 1.165) is 61.8 Å². The summed E-state index contributed by atoms with van der Waals surface area (Å²) in [5.41, 5.74) is 5.04. The van der Waals surface area contributed by atoms with Gasteiger partial charge in [0.1, 0.15) is 5.00 Å². The number of hydrogen-bond donors (Lipinski definition) is 2. The number of aromatic nitrogens is 1. The van der Waals surface area contributed by atoms with Gasteiger partial charge in [-0.1, -0.05) is 17.3 Å². The van der Waals surface area contributed by atoms with Crippen LogP contribution in [0.1, 0.15) is 68.1 Å². The summed E-state index contributed by atoms with van der Waals surface area (Å²) in [7, 11) is 0. The summed E-state index contributed by atoms with van der Waals surface area (Å²) in [6, 6.07) is 7.63. The van der Waals surface area contributed by atoms with Crippen molar-refractivity contribution in [1.82, 2.24) is 10.5 Å². The van der Waals surface area contributed by atoms with Crippen molar-refractivity contribution < 1.29 is 18.8 Å². The maximum atomic E-state index is 13.2. The van der Waals surface area contributed by atoms with E-state index in [1.807, 2.05) is 32.0 Å². The van der Waals surface area contributed by atoms with Gasteiger partial charge in [-0.05, 0) is 75.1 Å². The van der Waals surface area contributed by atoms with Gasteiger partial charge in [0.05, 0.1) is 11.7 Å². The summed E-state index contributed by atoms with van der Waals surface area (Å²) in [5.74, 6) is 0.0000309. The molecule has 178 valence electrons. The topological polar surface area (TPSA) is 93.5 Å². The smallest absolute Gasteiger partial charge is 0.278 e. The molecule has 7 nitrogen and oxygen atoms in total. The lowest BCUT2D eigenvalue weighted by atomic mass is 9.95. The predicted octanol–water partition coefficient (Wildman–Crippen LogP) is 5.06. The fraction of sp³-hybridized carbons (Fsp3) is 0.423. The number of fused-ring (bicyclic) bond motifs is 1. The summed E-state index contributed by atoms with van der Waals surface area (Å²) >= 11 is 1.50. The normalized spacial score (nSPS) is 17.4. The Morgan fingerprint density at radius 2 is 1.94 bits per heavy atom. The third kappa shape index (κ3) is 4.65. The van der Waals surface area contributed by atoms with Crippen LogP contribution in [-0.2, 0) is 17.6 Å². The highest BCUT2D eigenvalue weighted by molar-refractivity contribution is 7.17. The zero-order valence-electron chi connectivity index (χ0n) is 19.5. The van der Waals surface area contributed by atoms with E-state index in [0.29, 0.717) is 22.9 Å². The van der Waals surface area contributed by atoms with Crippen LogP contribution in [-0.4, -0.2) is 36.2 Å². The van der Waals surface area contributed by atoms with E-state index in [4.69, 9.17) is 9.26 Å². The van der Waals surface area contributed by atoms with Crippen molar-refractivity contribution >= 4 is 28.2 Å². The number of anilines is 1. The zero-order valence-corrected chi connectivity index (χ0v) is 20.3. The van der Waals surface area contributed by atoms with Crippen LogP contribution in [0.25, 0.3) is 11.3 Å². The lowest BCUT2D eigenvalue weighted by molar-refractivity contribution is 0.0858. The summed E-state index contributed by atoms with van der Waals surface area (Å²) in [5, 5.41) is 10.5. The molecular weight excluding hydrogens is 450 g/mol. The van der Waals surface area contributed by atoms with E-state index in [1.54, 1.807) is 6.07 Å². The molecule has 1 aliphatic heterocycles. The zero-order chi connectivity index (χ0) is 23.7. The minimum absolute atomic E-state index is 0.0652. The molecule has 2 aliphatic rings. The van der Waals surface area contributed by atoms with Gasteiger partial charge in [-0.3, -0.25) is 9.59 Å². The molecule has 0 saturated carbocycles. The molecule has 2 aromatic heterocycles. The van der Waals surface area contributed by atoms with Crippen LogP contribution in [0, 0.1) is 13.8 Å². The lowest BCUT2D eigenvalue weighted by Crippen LogP contribution is -2.32. The Morgan fingerprint density at radius 3 is 2.74 bits per heavy atom. The molecule has 34 heavy (non-hydrogen) atoms. The highest BCUT2D eigenvalue weighted by atomic mass is 32.1. The molecule has 5 rings (SSSR count). The van der Waals surface area contributed by atoms with Crippen LogP contribution in [0.3, 0.4) is 0 Å². The maximum absolute atomic E-state index is 13.2. The highest BCUT2D eigenvalue weighted by Gasteiger charge is 2.28. The molecule has 0 unspecified atom stereocenters. The Kier molecular flexibility index (Phi) is 6.52. The van der Waals surface area contributed by atoms with Gasteiger partial charge in [0.2, 0.25) is 0 Å². The molecular formula is C26H29N3O4S. The van der Waals surface area contributed by atoms with Gasteiger partial charge in [-0.2, -0.15) is 0 Å². The first-order chi connectivity index (χ1) is 16.5. The Balaban J connectivity index is 1.36. The fourth-order valence-electron chi connectivity index (χ4n) is 4.57. The molecule has 2 N–H and O–H groups in total. The van der Waals surface area contributed by atoms with Gasteiger partial charge < -0.3 is 19.9 Å². The SMILES string of the molecule is Cc1ccc(-c2cc(C(=O)Nc3sc4c(c3C(=O)NC[C@@H]3CCCO3)CCCC4)no2)cc1C. The minimum atomic E-state index is -0.384. The second-order valence-electron chi connectivity index (χ2n) is 9.09. The van der Waals surface area contributed by atoms with Gasteiger partial charge in [-0.25, -0.2) is 0 Å². The molecule has 0 bridgehead atoms. The molecule has 1 aromatic carbocycles. The largest absolute Gasteiger partial charge is 0.376 e. The molecule has 3 heterocycles. The monoisotopic (exact) mass is 479 g/mol. The van der Waals surface area contributed by atoms with Crippen LogP contribution in [0.4, 0.5) is 5.00 Å². The Labute approximate surface area is 202 Å². The van der Waals surface area contributed by atoms with Crippen LogP contribution in [0.2, 0.25) is 0 Å². The number of thiophene rings is 1. The van der Waals surface area contributed by atoms with Crippen molar-refractivity contribution in [2.24, 2.45) is 0 Å². The number of amides is 2. The van der Waals surface area contributed by atoms with Crippen LogP contribution < -0.4 is 10.6 Å². The van der Waals surface area contributed by atoms with E-state index in [1.165, 1.54) is 21.8 Å². The van der Waals surface area contributed by atoms with Gasteiger partial charge >= 0.3 is 0 Å². The minimum Gasteiger partial charge on any atom is -0.376 e. The molecule has 3 aromatic rings. The number of carbonyl (C=O) groups excluding carboxylic acids is 2. The van der Waals surface area contributed by atoms with Crippen molar-refractivity contribution in [3.63, 3.8) is 0 Å². The molecule has 1 aliphatic carbocycles. The van der Waals surface area contributed by atoms with Crippen molar-refractivity contribution in [1.29, 1.82) is 0 Å². The fourth-order valence-corrected chi connectivity index (χ4v) is 5.86. The second-order valence-corrected chi connectivity index (χ2v) is 10.2. The van der Waals surface area contributed by atoms with Crippen molar-refractivity contribution in [3.8, 4) is 11.3 Å². The maximum Gasteiger partial charge on any atom is 0.278 e. The number of hydrogen-bond acceptors (Lipinski definition) is 6. The Bertz CT molecular complexity index is 1220. The van der Waals surface area contributed by atoms with Crippen LogP contribution in [0.5, 0.6) is 0 Å². The number of nitrogens with one attached hydrogen (secondary N) is 2. The standard InChI is InChI=1S/C26H29N3O4S/c1-15-9-10-17(12-16(15)2)21-13-20(29-33-21)24(30)28-26-23(19-7-3-4-8-22(19)34-26)25(31)27-14-18-6-5-11-32-18/h9-10,12-13,18H,3-8,11,14H2,1-2H3,(H,27,31)(H,28,30)/t18-/m0/s1. The summed E-state index contributed by atoms with van der Waals surface area (Å²) in [6.07, 6.45) is 5.98. The first kappa shape index (κ1) is 22.8. The van der Waals surface area contributed by atoms with Gasteiger partial charge in [0.25, 0.3) is 11.8 Å². The molecule has 1 saturated heterocycles. The van der Waals surface area contributed by atoms with E-state index in [-0.39, 0.29) is 23.6 Å². The third-order valence-electron chi connectivity index (χ3n) is 6.67. The lowest BCUT2D eigenvalue weighted by Gasteiger charge is -2.15. The Hall–Kier alpha value is -2.97. The predicted molar refractivity (Wildman–Crippen MR) is 132 cm³/mol. The summed E-state index contributed by atoms with van der Waals surface area (Å²) in [4.78, 5) is 27.4. The first-order valence-electron chi connectivity index (χ1n) is 11.9. The van der Waals surface area contributed by atoms with Crippen molar-refractivity contribution in [3.05, 3.63) is 57.1 Å². The van der Waals surface area contributed by atoms with Gasteiger partial charge in [0, 0.05) is 29.7 Å². The summed E-state index contributed by atoms with van der Waals surface area (Å²) < 4.78 is 11.1. The number of rotatable bonds is 6. The molecule has 2 amide bonds. The molecule has 1 fully saturated rings. The molecule has 8 heteroatoms. The molecule has 0 spiro atoms. The van der Waals surface area contributed by atoms with Gasteiger partial charge in [0.15, 0.2) is 11.5 Å². The van der Waals surface area contributed by atoms with E-state index >= 15 is 0 Å². The number of nitrogens with zero attached hydrogens (tertiary/aromatic N) is 1. The van der Waals surface area contributed by atoms with E-state index in [9.17, 15) is 9.59 Å². The third-order valence-corrected chi connectivity index (χ3v) is 7.88. The van der Waals surface area contributed by atoms with Crippen molar-refractivity contribution in [2.75, 3.05) is 18.5 Å².